The topological polar surface area (TPSA) is 123 Å². The number of aromatic hydroxyl groups is 1. The van der Waals surface area contributed by atoms with E-state index in [2.05, 4.69) is 21.2 Å². The molecule has 1 heterocycles. The number of imide groups is 1. The van der Waals surface area contributed by atoms with E-state index in [-0.39, 0.29) is 11.3 Å². The minimum atomic E-state index is -0.902. The van der Waals surface area contributed by atoms with E-state index >= 15 is 0 Å². The summed E-state index contributed by atoms with van der Waals surface area (Å²) >= 11 is 3.16. The fourth-order valence-electron chi connectivity index (χ4n) is 2.33. The van der Waals surface area contributed by atoms with Crippen LogP contribution in [0.1, 0.15) is 10.4 Å². The molecule has 3 N–H and O–H groups in total. The van der Waals surface area contributed by atoms with Gasteiger partial charge in [-0.3, -0.25) is 10.1 Å². The number of carbonyl (C=O) groups excluding carboxylic acids is 3. The first-order valence-electron chi connectivity index (χ1n) is 8.08. The van der Waals surface area contributed by atoms with Crippen molar-refractivity contribution in [3.05, 3.63) is 46.4 Å². The third-order valence-corrected chi connectivity index (χ3v) is 4.06. The lowest BCUT2D eigenvalue weighted by atomic mass is 10.2. The van der Waals surface area contributed by atoms with Crippen molar-refractivity contribution in [2.45, 2.75) is 0 Å². The number of ether oxygens (including phenoxy) is 3. The quantitative estimate of drug-likeness (QED) is 0.611. The summed E-state index contributed by atoms with van der Waals surface area (Å²) < 4.78 is 16.1. The minimum Gasteiger partial charge on any atom is -0.507 e. The lowest BCUT2D eigenvalue weighted by Crippen LogP contribution is -2.37. The number of anilines is 1. The Balaban J connectivity index is 1.50. The zero-order valence-corrected chi connectivity index (χ0v) is 15.9. The van der Waals surface area contributed by atoms with Crippen molar-refractivity contribution in [2.75, 3.05) is 25.1 Å². The SMILES string of the molecule is O=C(COC(=O)c1cc(Br)ccc1O)NC(=O)Nc1ccc2c(c1)OCCO2. The Morgan fingerprint density at radius 2 is 1.82 bits per heavy atom. The van der Waals surface area contributed by atoms with E-state index in [9.17, 15) is 19.5 Å². The molecule has 3 amide bonds. The molecule has 2 aromatic carbocycles. The van der Waals surface area contributed by atoms with Gasteiger partial charge in [-0.1, -0.05) is 15.9 Å². The van der Waals surface area contributed by atoms with E-state index in [1.807, 2.05) is 5.32 Å². The van der Waals surface area contributed by atoms with E-state index < -0.39 is 24.5 Å². The summed E-state index contributed by atoms with van der Waals surface area (Å²) in [6.45, 7) is 0.157. The Kier molecular flexibility index (Phi) is 5.99. The zero-order valence-electron chi connectivity index (χ0n) is 14.4. The second kappa shape index (κ2) is 8.61. The van der Waals surface area contributed by atoms with Crippen molar-refractivity contribution in [3.8, 4) is 17.2 Å². The molecule has 10 heteroatoms. The van der Waals surface area contributed by atoms with Gasteiger partial charge in [0, 0.05) is 16.2 Å². The van der Waals surface area contributed by atoms with Crippen LogP contribution in [-0.4, -0.2) is 42.8 Å². The first kappa shape index (κ1) is 19.5. The Morgan fingerprint density at radius 1 is 1.07 bits per heavy atom. The smallest absolute Gasteiger partial charge is 0.342 e. The van der Waals surface area contributed by atoms with Crippen molar-refractivity contribution in [1.29, 1.82) is 0 Å². The number of phenols is 1. The molecule has 0 saturated heterocycles. The fourth-order valence-corrected chi connectivity index (χ4v) is 2.69. The van der Waals surface area contributed by atoms with Crippen molar-refractivity contribution >= 4 is 39.5 Å². The Morgan fingerprint density at radius 3 is 2.61 bits per heavy atom. The molecule has 3 rings (SSSR count). The zero-order chi connectivity index (χ0) is 20.1. The average molecular weight is 451 g/mol. The predicted octanol–water partition coefficient (Wildman–Crippen LogP) is 2.43. The number of phenolic OH excluding ortho intramolecular Hbond substituents is 1. The minimum absolute atomic E-state index is 0.108. The van der Waals surface area contributed by atoms with Crippen LogP contribution in [0, 0.1) is 0 Å². The van der Waals surface area contributed by atoms with Crippen LogP contribution in [-0.2, 0) is 9.53 Å². The molecule has 28 heavy (non-hydrogen) atoms. The molecule has 0 fully saturated rings. The van der Waals surface area contributed by atoms with Crippen LogP contribution in [0.25, 0.3) is 0 Å². The molecular formula is C18H15BrN2O7. The lowest BCUT2D eigenvalue weighted by Gasteiger charge is -2.19. The second-order valence-electron chi connectivity index (χ2n) is 5.60. The molecule has 1 aliphatic heterocycles. The van der Waals surface area contributed by atoms with Gasteiger partial charge in [-0.15, -0.1) is 0 Å². The number of hydrogen-bond acceptors (Lipinski definition) is 7. The number of benzene rings is 2. The van der Waals surface area contributed by atoms with Crippen LogP contribution in [0.4, 0.5) is 10.5 Å². The largest absolute Gasteiger partial charge is 0.507 e. The van der Waals surface area contributed by atoms with Gasteiger partial charge in [0.15, 0.2) is 18.1 Å². The standard InChI is InChI=1S/C18H15BrN2O7/c19-10-1-3-13(22)12(7-10)17(24)28-9-16(23)21-18(25)20-11-2-4-14-15(8-11)27-6-5-26-14/h1-4,7-8,22H,5-6,9H2,(H2,20,21,23,25). The molecule has 0 radical (unpaired) electrons. The number of hydrogen-bond donors (Lipinski definition) is 3. The highest BCUT2D eigenvalue weighted by Crippen LogP contribution is 2.32. The van der Waals surface area contributed by atoms with Gasteiger partial charge < -0.3 is 24.6 Å². The average Bonchev–Trinajstić information content (AvgIpc) is 2.67. The normalized spacial score (nSPS) is 12.0. The number of rotatable bonds is 4. The van der Waals surface area contributed by atoms with Crippen molar-refractivity contribution in [2.24, 2.45) is 0 Å². The summed E-state index contributed by atoms with van der Waals surface area (Å²) in [7, 11) is 0. The number of halogens is 1. The molecule has 146 valence electrons. The number of fused-ring (bicyclic) bond motifs is 1. The summed E-state index contributed by atoms with van der Waals surface area (Å²) in [5.41, 5.74) is 0.286. The third-order valence-electron chi connectivity index (χ3n) is 3.57. The number of urea groups is 1. The van der Waals surface area contributed by atoms with Crippen LogP contribution >= 0.6 is 15.9 Å². The van der Waals surface area contributed by atoms with E-state index in [1.54, 1.807) is 24.3 Å². The van der Waals surface area contributed by atoms with Gasteiger partial charge in [0.1, 0.15) is 24.5 Å². The molecule has 0 aliphatic carbocycles. The number of carbonyl (C=O) groups is 3. The summed E-state index contributed by atoms with van der Waals surface area (Å²) in [5.74, 6) is -0.974. The number of esters is 1. The van der Waals surface area contributed by atoms with Crippen molar-refractivity contribution < 1.29 is 33.7 Å². The highest BCUT2D eigenvalue weighted by molar-refractivity contribution is 9.10. The second-order valence-corrected chi connectivity index (χ2v) is 6.51. The third kappa shape index (κ3) is 4.92. The highest BCUT2D eigenvalue weighted by Gasteiger charge is 2.17. The first-order valence-corrected chi connectivity index (χ1v) is 8.88. The van der Waals surface area contributed by atoms with Crippen molar-refractivity contribution in [3.63, 3.8) is 0 Å². The summed E-state index contributed by atoms with van der Waals surface area (Å²) in [4.78, 5) is 35.6. The van der Waals surface area contributed by atoms with Gasteiger partial charge in [-0.25, -0.2) is 9.59 Å². The number of nitrogens with one attached hydrogen (secondary N) is 2. The van der Waals surface area contributed by atoms with Gasteiger partial charge in [0.2, 0.25) is 0 Å². The lowest BCUT2D eigenvalue weighted by molar-refractivity contribution is -0.123. The van der Waals surface area contributed by atoms with E-state index in [0.29, 0.717) is 34.9 Å². The molecule has 2 aromatic rings. The Labute approximate surface area is 167 Å². The van der Waals surface area contributed by atoms with Gasteiger partial charge in [0.05, 0.1) is 0 Å². The highest BCUT2D eigenvalue weighted by atomic mass is 79.9. The molecular weight excluding hydrogens is 436 g/mol. The van der Waals surface area contributed by atoms with Crippen LogP contribution in [0.2, 0.25) is 0 Å². The Hall–Kier alpha value is -3.27. The molecule has 9 nitrogen and oxygen atoms in total. The van der Waals surface area contributed by atoms with Gasteiger partial charge in [-0.05, 0) is 30.3 Å². The predicted molar refractivity (Wildman–Crippen MR) is 101 cm³/mol. The molecule has 0 unspecified atom stereocenters. The van der Waals surface area contributed by atoms with Gasteiger partial charge >= 0.3 is 12.0 Å². The Bertz CT molecular complexity index is 932. The fraction of sp³-hybridized carbons (Fsp3) is 0.167. The molecule has 0 saturated carbocycles. The molecule has 0 aromatic heterocycles. The van der Waals surface area contributed by atoms with Gasteiger partial charge in [0.25, 0.3) is 5.91 Å². The van der Waals surface area contributed by atoms with Crippen LogP contribution < -0.4 is 20.1 Å². The summed E-state index contributed by atoms with van der Waals surface area (Å²) in [6, 6.07) is 8.19. The molecule has 0 spiro atoms. The van der Waals surface area contributed by atoms with Crippen LogP contribution in [0.3, 0.4) is 0 Å². The van der Waals surface area contributed by atoms with Crippen LogP contribution in [0.5, 0.6) is 17.2 Å². The van der Waals surface area contributed by atoms with E-state index in [1.165, 1.54) is 12.1 Å². The molecule has 0 bridgehead atoms. The monoisotopic (exact) mass is 450 g/mol. The summed E-state index contributed by atoms with van der Waals surface area (Å²) in [6.07, 6.45) is 0. The summed E-state index contributed by atoms with van der Waals surface area (Å²) in [5, 5.41) is 14.2. The maximum absolute atomic E-state index is 11.9. The van der Waals surface area contributed by atoms with E-state index in [4.69, 9.17) is 14.2 Å². The number of amides is 3. The van der Waals surface area contributed by atoms with Gasteiger partial charge in [-0.2, -0.15) is 0 Å². The maximum Gasteiger partial charge on any atom is 0.342 e. The molecule has 1 aliphatic rings. The van der Waals surface area contributed by atoms with Crippen molar-refractivity contribution in [1.82, 2.24) is 5.32 Å². The van der Waals surface area contributed by atoms with E-state index in [0.717, 1.165) is 0 Å². The first-order chi connectivity index (χ1) is 13.4. The van der Waals surface area contributed by atoms with Crippen LogP contribution in [0.15, 0.2) is 40.9 Å². The maximum atomic E-state index is 11.9. The molecule has 0 atom stereocenters.